The van der Waals surface area contributed by atoms with Crippen molar-refractivity contribution in [3.8, 4) is 5.69 Å². The number of carbonyl (C=O) groups excluding carboxylic acids is 1. The molecule has 138 valence electrons. The molecular weight excluding hydrogens is 336 g/mol. The summed E-state index contributed by atoms with van der Waals surface area (Å²) in [7, 11) is 0. The van der Waals surface area contributed by atoms with Gasteiger partial charge in [0.15, 0.2) is 0 Å². The van der Waals surface area contributed by atoms with E-state index in [9.17, 15) is 4.79 Å². The van der Waals surface area contributed by atoms with Crippen LogP contribution in [0.3, 0.4) is 0 Å². The quantitative estimate of drug-likeness (QED) is 0.752. The smallest absolute Gasteiger partial charge is 0.223 e. The van der Waals surface area contributed by atoms with E-state index >= 15 is 0 Å². The number of piperidine rings is 1. The average Bonchev–Trinajstić information content (AvgIpc) is 3.23. The number of hydrogen-bond acceptors (Lipinski definition) is 3. The predicted octanol–water partition coefficient (Wildman–Crippen LogP) is 3.03. The maximum absolute atomic E-state index is 12.5. The molecule has 1 aromatic heterocycles. The lowest BCUT2D eigenvalue weighted by molar-refractivity contribution is -0.123. The molecule has 1 aliphatic carbocycles. The second-order valence-electron chi connectivity index (χ2n) is 7.86. The molecule has 2 fully saturated rings. The SMILES string of the molecule is O=C(NCc1ccc(-n2cnc3ccccc32)cc1)C1CC12CCNCC2. The second kappa shape index (κ2) is 6.50. The van der Waals surface area contributed by atoms with Crippen LogP contribution in [0.25, 0.3) is 16.7 Å². The van der Waals surface area contributed by atoms with Crippen LogP contribution in [0.2, 0.25) is 0 Å². The van der Waals surface area contributed by atoms with Gasteiger partial charge in [0.2, 0.25) is 5.91 Å². The Morgan fingerprint density at radius 1 is 1.15 bits per heavy atom. The maximum atomic E-state index is 12.5. The van der Waals surface area contributed by atoms with Gasteiger partial charge in [0.05, 0.1) is 11.0 Å². The molecule has 5 nitrogen and oxygen atoms in total. The van der Waals surface area contributed by atoms with Gasteiger partial charge in [-0.1, -0.05) is 24.3 Å². The summed E-state index contributed by atoms with van der Waals surface area (Å²) in [5.41, 5.74) is 4.58. The highest BCUT2D eigenvalue weighted by molar-refractivity contribution is 5.82. The minimum atomic E-state index is 0.219. The van der Waals surface area contributed by atoms with Crippen LogP contribution in [0.4, 0.5) is 0 Å². The molecule has 1 amide bonds. The molecule has 1 unspecified atom stereocenters. The minimum Gasteiger partial charge on any atom is -0.352 e. The van der Waals surface area contributed by atoms with Crippen molar-refractivity contribution in [2.24, 2.45) is 11.3 Å². The number of imidazole rings is 1. The topological polar surface area (TPSA) is 59.0 Å². The molecule has 2 N–H and O–H groups in total. The van der Waals surface area contributed by atoms with E-state index in [4.69, 9.17) is 0 Å². The van der Waals surface area contributed by atoms with Gasteiger partial charge in [0, 0.05) is 18.2 Å². The van der Waals surface area contributed by atoms with Gasteiger partial charge in [-0.25, -0.2) is 4.98 Å². The maximum Gasteiger partial charge on any atom is 0.223 e. The lowest BCUT2D eigenvalue weighted by Gasteiger charge is -2.23. The highest BCUT2D eigenvalue weighted by Gasteiger charge is 2.57. The molecule has 2 aliphatic rings. The van der Waals surface area contributed by atoms with Crippen LogP contribution in [0, 0.1) is 11.3 Å². The van der Waals surface area contributed by atoms with Gasteiger partial charge in [-0.3, -0.25) is 9.36 Å². The number of carbonyl (C=O) groups is 1. The van der Waals surface area contributed by atoms with Gasteiger partial charge in [0.1, 0.15) is 6.33 Å². The molecule has 0 radical (unpaired) electrons. The van der Waals surface area contributed by atoms with Crippen LogP contribution >= 0.6 is 0 Å². The van der Waals surface area contributed by atoms with Gasteiger partial charge < -0.3 is 10.6 Å². The number of aromatic nitrogens is 2. The fourth-order valence-corrected chi connectivity index (χ4v) is 4.45. The number of benzene rings is 2. The molecule has 1 spiro atoms. The third-order valence-corrected chi connectivity index (χ3v) is 6.24. The molecule has 2 heterocycles. The first-order valence-corrected chi connectivity index (χ1v) is 9.75. The van der Waals surface area contributed by atoms with E-state index < -0.39 is 0 Å². The average molecular weight is 360 g/mol. The molecule has 5 rings (SSSR count). The van der Waals surface area contributed by atoms with E-state index in [1.54, 1.807) is 0 Å². The van der Waals surface area contributed by atoms with Crippen molar-refractivity contribution < 1.29 is 4.79 Å². The summed E-state index contributed by atoms with van der Waals surface area (Å²) in [5.74, 6) is 0.442. The summed E-state index contributed by atoms with van der Waals surface area (Å²) >= 11 is 0. The Hall–Kier alpha value is -2.66. The molecule has 1 aliphatic heterocycles. The van der Waals surface area contributed by atoms with Crippen LogP contribution in [0.15, 0.2) is 54.9 Å². The summed E-state index contributed by atoms with van der Waals surface area (Å²) < 4.78 is 2.09. The fraction of sp³-hybridized carbons (Fsp3) is 0.364. The van der Waals surface area contributed by atoms with E-state index in [0.29, 0.717) is 12.0 Å². The lowest BCUT2D eigenvalue weighted by Crippen LogP contribution is -2.33. The number of hydrogen-bond donors (Lipinski definition) is 2. The van der Waals surface area contributed by atoms with Crippen molar-refractivity contribution in [1.82, 2.24) is 20.2 Å². The van der Waals surface area contributed by atoms with Gasteiger partial charge in [0.25, 0.3) is 0 Å². The van der Waals surface area contributed by atoms with Crippen LogP contribution in [-0.2, 0) is 11.3 Å². The summed E-state index contributed by atoms with van der Waals surface area (Å²) in [6.07, 6.45) is 5.19. The second-order valence-corrected chi connectivity index (χ2v) is 7.86. The van der Waals surface area contributed by atoms with Gasteiger partial charge >= 0.3 is 0 Å². The Bertz CT molecular complexity index is 969. The number of amides is 1. The van der Waals surface area contributed by atoms with E-state index in [1.165, 1.54) is 0 Å². The summed E-state index contributed by atoms with van der Waals surface area (Å²) in [4.78, 5) is 17.0. The lowest BCUT2D eigenvalue weighted by atomic mass is 9.92. The monoisotopic (exact) mass is 360 g/mol. The molecule has 2 aromatic carbocycles. The van der Waals surface area contributed by atoms with Crippen molar-refractivity contribution in [1.29, 1.82) is 0 Å². The first-order chi connectivity index (χ1) is 13.3. The molecule has 1 saturated heterocycles. The summed E-state index contributed by atoms with van der Waals surface area (Å²) in [6.45, 7) is 2.69. The van der Waals surface area contributed by atoms with E-state index in [0.717, 1.165) is 54.6 Å². The Morgan fingerprint density at radius 2 is 1.93 bits per heavy atom. The summed E-state index contributed by atoms with van der Waals surface area (Å²) in [6, 6.07) is 16.4. The third-order valence-electron chi connectivity index (χ3n) is 6.24. The van der Waals surface area contributed by atoms with Crippen molar-refractivity contribution in [3.63, 3.8) is 0 Å². The number of rotatable bonds is 4. The van der Waals surface area contributed by atoms with E-state index in [-0.39, 0.29) is 11.8 Å². The molecule has 0 bridgehead atoms. The van der Waals surface area contributed by atoms with Crippen molar-refractivity contribution in [2.75, 3.05) is 13.1 Å². The van der Waals surface area contributed by atoms with E-state index in [2.05, 4.69) is 50.5 Å². The van der Waals surface area contributed by atoms with Crippen LogP contribution in [0.5, 0.6) is 0 Å². The fourth-order valence-electron chi connectivity index (χ4n) is 4.45. The Kier molecular flexibility index (Phi) is 3.97. The Balaban J connectivity index is 1.23. The van der Waals surface area contributed by atoms with Crippen LogP contribution in [0.1, 0.15) is 24.8 Å². The molecule has 3 aromatic rings. The summed E-state index contributed by atoms with van der Waals surface area (Å²) in [5, 5.41) is 6.53. The van der Waals surface area contributed by atoms with Crippen LogP contribution in [-0.4, -0.2) is 28.5 Å². The number of para-hydroxylation sites is 2. The zero-order chi connectivity index (χ0) is 18.3. The first-order valence-electron chi connectivity index (χ1n) is 9.75. The molecular formula is C22H24N4O. The van der Waals surface area contributed by atoms with Crippen LogP contribution < -0.4 is 10.6 Å². The number of fused-ring (bicyclic) bond motifs is 1. The highest BCUT2D eigenvalue weighted by Crippen LogP contribution is 2.58. The van der Waals surface area contributed by atoms with Crippen molar-refractivity contribution in [2.45, 2.75) is 25.8 Å². The van der Waals surface area contributed by atoms with E-state index in [1.807, 2.05) is 24.5 Å². The van der Waals surface area contributed by atoms with Gasteiger partial charge in [-0.2, -0.15) is 0 Å². The zero-order valence-corrected chi connectivity index (χ0v) is 15.3. The molecule has 5 heteroatoms. The van der Waals surface area contributed by atoms with Crippen molar-refractivity contribution in [3.05, 3.63) is 60.4 Å². The highest BCUT2D eigenvalue weighted by atomic mass is 16.2. The normalized spacial score (nSPS) is 20.7. The van der Waals surface area contributed by atoms with Gasteiger partial charge in [-0.05, 0) is 67.6 Å². The Morgan fingerprint density at radius 3 is 2.74 bits per heavy atom. The first kappa shape index (κ1) is 16.5. The molecule has 1 atom stereocenters. The molecule has 1 saturated carbocycles. The molecule has 27 heavy (non-hydrogen) atoms. The standard InChI is InChI=1S/C22H24N4O/c27-21(18-13-22(18)9-11-23-12-10-22)24-14-16-5-7-17(8-6-16)26-15-25-19-3-1-2-4-20(19)26/h1-8,15,18,23H,9-14H2,(H,24,27). The largest absolute Gasteiger partial charge is 0.352 e. The minimum absolute atomic E-state index is 0.219. The van der Waals surface area contributed by atoms with Gasteiger partial charge in [-0.15, -0.1) is 0 Å². The Labute approximate surface area is 158 Å². The zero-order valence-electron chi connectivity index (χ0n) is 15.3. The van der Waals surface area contributed by atoms with Crippen molar-refractivity contribution >= 4 is 16.9 Å². The third kappa shape index (κ3) is 3.02. The number of nitrogens with one attached hydrogen (secondary N) is 2. The predicted molar refractivity (Wildman–Crippen MR) is 106 cm³/mol. The number of nitrogens with zero attached hydrogens (tertiary/aromatic N) is 2.